The molecular weight excluding hydrogens is 238 g/mol. The Hall–Kier alpha value is -0.620. The molecule has 0 saturated heterocycles. The number of carbonyl (C=O) groups excluding carboxylic acids is 2. The third-order valence-electron chi connectivity index (χ3n) is 1.76. The molecule has 0 aliphatic rings. The van der Waals surface area contributed by atoms with Crippen molar-refractivity contribution < 1.29 is 9.59 Å². The van der Waals surface area contributed by atoms with Gasteiger partial charge in [-0.3, -0.25) is 10.1 Å². The second-order valence-electron chi connectivity index (χ2n) is 2.49. The predicted molar refractivity (Wildman–Crippen MR) is 55.0 cm³/mol. The Kier molecular flexibility index (Phi) is 6.79. The summed E-state index contributed by atoms with van der Waals surface area (Å²) in [5, 5.41) is 2.04. The molecule has 6 heteroatoms. The van der Waals surface area contributed by atoms with Crippen molar-refractivity contribution in [3.63, 3.8) is 0 Å². The molecule has 3 amide bonds. The summed E-state index contributed by atoms with van der Waals surface area (Å²) in [6.07, 6.45) is 1.23. The van der Waals surface area contributed by atoms with Crippen LogP contribution < -0.4 is 17.2 Å². The fourth-order valence-corrected chi connectivity index (χ4v) is 0.894. The summed E-state index contributed by atoms with van der Waals surface area (Å²) in [4.78, 5) is 21.6. The maximum absolute atomic E-state index is 11.3. The highest BCUT2D eigenvalue weighted by Gasteiger charge is 2.32. The van der Waals surface area contributed by atoms with Gasteiger partial charge in [0.2, 0.25) is 5.91 Å². The third-order valence-corrected chi connectivity index (χ3v) is 3.25. The van der Waals surface area contributed by atoms with E-state index in [9.17, 15) is 9.59 Å². The van der Waals surface area contributed by atoms with Gasteiger partial charge in [0.25, 0.3) is 0 Å². The second-order valence-corrected chi connectivity index (χ2v) is 4.01. The van der Waals surface area contributed by atoms with E-state index in [1.54, 1.807) is 0 Å². The minimum Gasteiger partial charge on any atom is -0.351 e. The molecule has 0 aliphatic heterocycles. The first-order valence-electron chi connectivity index (χ1n) is 3.76. The number of alkyl halides is 1. The van der Waals surface area contributed by atoms with Gasteiger partial charge in [0, 0.05) is 0 Å². The minimum atomic E-state index is -0.814. The van der Waals surface area contributed by atoms with Gasteiger partial charge in [0.15, 0.2) is 0 Å². The molecule has 0 spiro atoms. The molecule has 0 atom stereocenters. The zero-order chi connectivity index (χ0) is 9.78. The topological polar surface area (TPSA) is 107 Å². The minimum absolute atomic E-state index is 0. The summed E-state index contributed by atoms with van der Waals surface area (Å²) < 4.78 is -0.665. The van der Waals surface area contributed by atoms with Crippen LogP contribution in [0, 0.1) is 0 Å². The van der Waals surface area contributed by atoms with Crippen molar-refractivity contribution in [2.75, 3.05) is 0 Å². The highest BCUT2D eigenvalue weighted by Crippen LogP contribution is 2.26. The first-order valence-corrected chi connectivity index (χ1v) is 4.55. The fraction of sp³-hybridized carbons (Fsp3) is 0.714. The number of hydrogen-bond donors (Lipinski definition) is 3. The molecule has 0 radical (unpaired) electrons. The van der Waals surface area contributed by atoms with Gasteiger partial charge in [-0.05, 0) is 12.8 Å². The highest BCUT2D eigenvalue weighted by atomic mass is 79.9. The Morgan fingerprint density at radius 1 is 1.38 bits per heavy atom. The van der Waals surface area contributed by atoms with E-state index in [0.717, 1.165) is 0 Å². The van der Waals surface area contributed by atoms with E-state index in [0.29, 0.717) is 12.8 Å². The molecule has 0 bridgehead atoms. The van der Waals surface area contributed by atoms with Gasteiger partial charge in [-0.1, -0.05) is 29.8 Å². The molecule has 0 heterocycles. The molecule has 0 rings (SSSR count). The highest BCUT2D eigenvalue weighted by molar-refractivity contribution is 9.10. The molecule has 5 nitrogen and oxygen atoms in total. The predicted octanol–water partition coefficient (Wildman–Crippen LogP) is 1.30. The van der Waals surface area contributed by atoms with E-state index < -0.39 is 10.4 Å². The van der Waals surface area contributed by atoms with Crippen LogP contribution in [0.2, 0.25) is 0 Å². The fourth-order valence-electron chi connectivity index (χ4n) is 0.795. The summed E-state index contributed by atoms with van der Waals surface area (Å²) in [6, 6.07) is -0.814. The lowest BCUT2D eigenvalue weighted by Gasteiger charge is -2.21. The van der Waals surface area contributed by atoms with Crippen molar-refractivity contribution in [2.24, 2.45) is 5.73 Å². The molecule has 0 aromatic carbocycles. The van der Waals surface area contributed by atoms with Crippen molar-refractivity contribution in [1.29, 1.82) is 0 Å². The van der Waals surface area contributed by atoms with Gasteiger partial charge in [-0.25, -0.2) is 4.79 Å². The lowest BCUT2D eigenvalue weighted by Crippen LogP contribution is -2.46. The van der Waals surface area contributed by atoms with Gasteiger partial charge in [-0.15, -0.1) is 0 Å². The third kappa shape index (κ3) is 4.23. The summed E-state index contributed by atoms with van der Waals surface area (Å²) >= 11 is 3.26. The number of rotatable bonds is 3. The number of hydrogen-bond acceptors (Lipinski definition) is 3. The standard InChI is InChI=1S/C7H13BrN2O2.H3N/c1-3-7(8,4-2)5(11)10-6(9)12;/h3-4H2,1-2H3,(H3,9,10,11,12);1H3. The van der Waals surface area contributed by atoms with Crippen molar-refractivity contribution in [3.05, 3.63) is 0 Å². The lowest BCUT2D eigenvalue weighted by molar-refractivity contribution is -0.122. The number of halogens is 1. The van der Waals surface area contributed by atoms with E-state index in [1.807, 2.05) is 19.2 Å². The van der Waals surface area contributed by atoms with Gasteiger partial charge >= 0.3 is 6.03 Å². The Bertz CT molecular complexity index is 192. The second kappa shape index (κ2) is 5.93. The average molecular weight is 254 g/mol. The van der Waals surface area contributed by atoms with Crippen LogP contribution in [0.4, 0.5) is 4.79 Å². The van der Waals surface area contributed by atoms with Crippen LogP contribution in [-0.4, -0.2) is 16.3 Å². The zero-order valence-corrected chi connectivity index (χ0v) is 9.48. The van der Waals surface area contributed by atoms with Gasteiger partial charge in [-0.2, -0.15) is 0 Å². The van der Waals surface area contributed by atoms with Crippen molar-refractivity contribution in [2.45, 2.75) is 31.0 Å². The Balaban J connectivity index is 0. The van der Waals surface area contributed by atoms with Crippen molar-refractivity contribution >= 4 is 27.9 Å². The van der Waals surface area contributed by atoms with Crippen LogP contribution in [-0.2, 0) is 4.79 Å². The van der Waals surface area contributed by atoms with Crippen LogP contribution in [0.1, 0.15) is 26.7 Å². The summed E-state index contributed by atoms with van der Waals surface area (Å²) in [5.41, 5.74) is 4.81. The molecule has 0 aliphatic carbocycles. The van der Waals surface area contributed by atoms with E-state index in [1.165, 1.54) is 0 Å². The van der Waals surface area contributed by atoms with E-state index in [-0.39, 0.29) is 12.1 Å². The van der Waals surface area contributed by atoms with Crippen LogP contribution >= 0.6 is 15.9 Å². The molecule has 6 N–H and O–H groups in total. The quantitative estimate of drug-likeness (QED) is 0.660. The number of nitrogens with one attached hydrogen (secondary N) is 1. The maximum atomic E-state index is 11.3. The van der Waals surface area contributed by atoms with Crippen molar-refractivity contribution in [3.8, 4) is 0 Å². The number of amides is 3. The first-order chi connectivity index (χ1) is 5.46. The molecule has 13 heavy (non-hydrogen) atoms. The van der Waals surface area contributed by atoms with Crippen LogP contribution in [0.5, 0.6) is 0 Å². The van der Waals surface area contributed by atoms with Gasteiger partial charge in [0.1, 0.15) is 4.32 Å². The van der Waals surface area contributed by atoms with Gasteiger partial charge < -0.3 is 11.9 Å². The number of urea groups is 1. The molecular formula is C7H16BrN3O2. The monoisotopic (exact) mass is 253 g/mol. The summed E-state index contributed by atoms with van der Waals surface area (Å²) in [5.74, 6) is -0.375. The average Bonchev–Trinajstić information content (AvgIpc) is 2.02. The largest absolute Gasteiger partial charge is 0.351 e. The summed E-state index contributed by atoms with van der Waals surface area (Å²) in [7, 11) is 0. The number of imide groups is 1. The molecule has 0 saturated carbocycles. The van der Waals surface area contributed by atoms with E-state index in [2.05, 4.69) is 15.9 Å². The molecule has 78 valence electrons. The Morgan fingerprint density at radius 3 is 2.00 bits per heavy atom. The smallest absolute Gasteiger partial charge is 0.318 e. The zero-order valence-electron chi connectivity index (χ0n) is 7.89. The molecule has 0 unspecified atom stereocenters. The Labute approximate surface area is 86.1 Å². The molecule has 0 fully saturated rings. The normalized spacial score (nSPS) is 10.1. The molecule has 0 aromatic heterocycles. The van der Waals surface area contributed by atoms with Crippen molar-refractivity contribution in [1.82, 2.24) is 11.5 Å². The summed E-state index contributed by atoms with van der Waals surface area (Å²) in [6.45, 7) is 3.72. The first kappa shape index (κ1) is 14.9. The van der Waals surface area contributed by atoms with Gasteiger partial charge in [0.05, 0.1) is 0 Å². The maximum Gasteiger partial charge on any atom is 0.318 e. The number of nitrogens with two attached hydrogens (primary N) is 1. The van der Waals surface area contributed by atoms with Crippen LogP contribution in [0.25, 0.3) is 0 Å². The van der Waals surface area contributed by atoms with Crippen LogP contribution in [0.15, 0.2) is 0 Å². The van der Waals surface area contributed by atoms with E-state index in [4.69, 9.17) is 5.73 Å². The Morgan fingerprint density at radius 2 is 1.77 bits per heavy atom. The van der Waals surface area contributed by atoms with E-state index >= 15 is 0 Å². The van der Waals surface area contributed by atoms with Crippen LogP contribution in [0.3, 0.4) is 0 Å². The lowest BCUT2D eigenvalue weighted by atomic mass is 10.0. The number of primary amides is 1. The molecule has 0 aromatic rings. The number of carbonyl (C=O) groups is 2. The SMILES string of the molecule is CCC(Br)(CC)C(=O)NC(N)=O.N.